The van der Waals surface area contributed by atoms with E-state index in [-0.39, 0.29) is 6.09 Å². The number of cyclic esters (lactones) is 1. The molecule has 1 saturated heterocycles. The number of fused-ring (bicyclic) bond motifs is 1. The summed E-state index contributed by atoms with van der Waals surface area (Å²) in [5, 5.41) is 7.47. The van der Waals surface area contributed by atoms with Gasteiger partial charge in [-0.3, -0.25) is 4.90 Å². The van der Waals surface area contributed by atoms with Crippen molar-refractivity contribution in [3.05, 3.63) is 42.2 Å². The highest BCUT2D eigenvalue weighted by molar-refractivity contribution is 6.00. The van der Waals surface area contributed by atoms with Gasteiger partial charge in [0.15, 0.2) is 0 Å². The number of carbonyl (C=O) groups is 1. The molecule has 1 fully saturated rings. The van der Waals surface area contributed by atoms with Crippen molar-refractivity contribution in [1.29, 1.82) is 0 Å². The van der Waals surface area contributed by atoms with Crippen LogP contribution in [0.15, 0.2) is 36.7 Å². The quantitative estimate of drug-likeness (QED) is 0.328. The fourth-order valence-electron chi connectivity index (χ4n) is 4.92. The van der Waals surface area contributed by atoms with Gasteiger partial charge in [0.05, 0.1) is 24.9 Å². The number of aromatic nitrogens is 2. The number of ether oxygens (including phenoxy) is 2. The summed E-state index contributed by atoms with van der Waals surface area (Å²) in [4.78, 5) is 23.9. The molecule has 0 spiro atoms. The molecule has 1 aliphatic rings. The molecule has 2 N–H and O–H groups in total. The molecule has 2 heterocycles. The Morgan fingerprint density at radius 1 is 1.19 bits per heavy atom. The molecule has 1 unspecified atom stereocenters. The van der Waals surface area contributed by atoms with Crippen molar-refractivity contribution >= 4 is 39.9 Å². The van der Waals surface area contributed by atoms with Crippen LogP contribution in [0.25, 0.3) is 10.9 Å². The van der Waals surface area contributed by atoms with Gasteiger partial charge in [-0.15, -0.1) is 0 Å². The molecule has 0 radical (unpaired) electrons. The number of anilines is 4. The number of benzene rings is 2. The lowest BCUT2D eigenvalue weighted by atomic mass is 9.89. The molecule has 0 saturated carbocycles. The van der Waals surface area contributed by atoms with Gasteiger partial charge in [-0.2, -0.15) is 0 Å². The van der Waals surface area contributed by atoms with Crippen LogP contribution in [0.4, 0.5) is 27.7 Å². The van der Waals surface area contributed by atoms with E-state index in [0.717, 1.165) is 53.5 Å². The average molecular weight is 492 g/mol. The molecule has 2 aromatic carbocycles. The molecular weight excluding hydrogens is 454 g/mol. The Labute approximate surface area is 213 Å². The molecule has 1 aliphatic heterocycles. The Kier molecular flexibility index (Phi) is 7.52. The fraction of sp³-hybridized carbons (Fsp3) is 0.464. The Bertz CT molecular complexity index is 1250. The first-order valence-electron chi connectivity index (χ1n) is 12.7. The second-order valence-corrected chi connectivity index (χ2v) is 9.94. The second kappa shape index (κ2) is 10.6. The van der Waals surface area contributed by atoms with E-state index < -0.39 is 5.60 Å². The number of nitrogens with zero attached hydrogens (tertiary/aromatic N) is 3. The van der Waals surface area contributed by atoms with Crippen LogP contribution in [0.2, 0.25) is 0 Å². The summed E-state index contributed by atoms with van der Waals surface area (Å²) in [6, 6.07) is 9.82. The number of amides is 1. The van der Waals surface area contributed by atoms with Gasteiger partial charge in [0.25, 0.3) is 0 Å². The summed E-state index contributed by atoms with van der Waals surface area (Å²) in [5.74, 6) is 1.78. The van der Waals surface area contributed by atoms with Crippen LogP contribution in [-0.2, 0) is 4.74 Å². The topological polar surface area (TPSA) is 88.6 Å². The van der Waals surface area contributed by atoms with Crippen LogP contribution in [-0.4, -0.2) is 42.4 Å². The molecule has 8 nitrogen and oxygen atoms in total. The number of rotatable bonds is 10. The van der Waals surface area contributed by atoms with Crippen molar-refractivity contribution in [2.24, 2.45) is 5.92 Å². The van der Waals surface area contributed by atoms with Gasteiger partial charge in [-0.25, -0.2) is 14.8 Å². The van der Waals surface area contributed by atoms with Gasteiger partial charge < -0.3 is 20.1 Å². The molecule has 0 aliphatic carbocycles. The standard InChI is InChI=1S/C28H37N5O3/c1-7-12-28(13-11-18(2)3)16-33(27(34)36-28)24-14-20-23(15-25(24)35-6)30-17-31-26(20)32-22-10-8-9-21(29-5)19(22)4/h8-10,14-15,17-18,29H,7,11-13,16H2,1-6H3,(H,30,31,32). The lowest BCUT2D eigenvalue weighted by molar-refractivity contribution is 0.0374. The van der Waals surface area contributed by atoms with Crippen molar-refractivity contribution in [2.75, 3.05) is 36.2 Å². The van der Waals surface area contributed by atoms with Gasteiger partial charge >= 0.3 is 6.09 Å². The third-order valence-corrected chi connectivity index (χ3v) is 6.94. The molecule has 4 rings (SSSR count). The van der Waals surface area contributed by atoms with Gasteiger partial charge in [0.2, 0.25) is 0 Å². The van der Waals surface area contributed by atoms with Gasteiger partial charge in [-0.05, 0) is 55.9 Å². The third kappa shape index (κ3) is 5.03. The van der Waals surface area contributed by atoms with Crippen LogP contribution in [0.3, 0.4) is 0 Å². The van der Waals surface area contributed by atoms with E-state index in [1.54, 1.807) is 12.0 Å². The molecule has 1 amide bonds. The van der Waals surface area contributed by atoms with E-state index in [1.807, 2.05) is 37.4 Å². The Hall–Kier alpha value is -3.55. The molecule has 1 atom stereocenters. The first kappa shape index (κ1) is 25.5. The van der Waals surface area contributed by atoms with Crippen molar-refractivity contribution in [3.63, 3.8) is 0 Å². The maximum absolute atomic E-state index is 13.2. The smallest absolute Gasteiger partial charge is 0.415 e. The predicted molar refractivity (Wildman–Crippen MR) is 146 cm³/mol. The Balaban J connectivity index is 1.75. The Morgan fingerprint density at radius 2 is 1.97 bits per heavy atom. The largest absolute Gasteiger partial charge is 0.494 e. The highest BCUT2D eigenvalue weighted by Crippen LogP contribution is 2.41. The summed E-state index contributed by atoms with van der Waals surface area (Å²) < 4.78 is 11.8. The van der Waals surface area contributed by atoms with Crippen molar-refractivity contribution in [1.82, 2.24) is 9.97 Å². The minimum Gasteiger partial charge on any atom is -0.494 e. The molecule has 192 valence electrons. The number of hydrogen-bond acceptors (Lipinski definition) is 7. The maximum Gasteiger partial charge on any atom is 0.415 e. The zero-order valence-electron chi connectivity index (χ0n) is 22.1. The number of carbonyl (C=O) groups excluding carboxylic acids is 1. The molecule has 1 aromatic heterocycles. The van der Waals surface area contributed by atoms with E-state index in [0.29, 0.717) is 29.7 Å². The summed E-state index contributed by atoms with van der Waals surface area (Å²) in [6.07, 6.45) is 4.81. The summed E-state index contributed by atoms with van der Waals surface area (Å²) in [5.41, 5.74) is 3.95. The highest BCUT2D eigenvalue weighted by atomic mass is 16.6. The fourth-order valence-corrected chi connectivity index (χ4v) is 4.92. The number of hydrogen-bond donors (Lipinski definition) is 2. The van der Waals surface area contributed by atoms with Gasteiger partial charge in [0.1, 0.15) is 23.5 Å². The van der Waals surface area contributed by atoms with E-state index in [9.17, 15) is 4.79 Å². The van der Waals surface area contributed by atoms with Crippen molar-refractivity contribution < 1.29 is 14.3 Å². The van der Waals surface area contributed by atoms with Crippen molar-refractivity contribution in [3.8, 4) is 5.75 Å². The van der Waals surface area contributed by atoms with Crippen molar-refractivity contribution in [2.45, 2.75) is 59.0 Å². The Morgan fingerprint density at radius 3 is 2.67 bits per heavy atom. The van der Waals surface area contributed by atoms with E-state index >= 15 is 0 Å². The molecular formula is C28H37N5O3. The first-order chi connectivity index (χ1) is 17.3. The molecule has 36 heavy (non-hydrogen) atoms. The normalized spacial score (nSPS) is 17.5. The average Bonchev–Trinajstić information content (AvgIpc) is 3.19. The zero-order chi connectivity index (χ0) is 25.9. The first-order valence-corrected chi connectivity index (χ1v) is 12.7. The molecule has 0 bridgehead atoms. The highest BCUT2D eigenvalue weighted by Gasteiger charge is 2.45. The minimum atomic E-state index is -0.491. The third-order valence-electron chi connectivity index (χ3n) is 6.94. The number of methoxy groups -OCH3 is 1. The maximum atomic E-state index is 13.2. The van der Waals surface area contributed by atoms with Gasteiger partial charge in [-0.1, -0.05) is 33.3 Å². The van der Waals surface area contributed by atoms with Crippen LogP contribution < -0.4 is 20.3 Å². The lowest BCUT2D eigenvalue weighted by Crippen LogP contribution is -2.35. The van der Waals surface area contributed by atoms with Crippen LogP contribution in [0, 0.1) is 12.8 Å². The van der Waals surface area contributed by atoms with E-state index in [2.05, 4.69) is 48.3 Å². The predicted octanol–water partition coefficient (Wildman–Crippen LogP) is 6.66. The molecule has 3 aromatic rings. The zero-order valence-corrected chi connectivity index (χ0v) is 22.1. The SMILES string of the molecule is CCCC1(CCC(C)C)CN(c2cc3c(Nc4cccc(NC)c4C)ncnc3cc2OC)C(=O)O1. The summed E-state index contributed by atoms with van der Waals surface area (Å²) in [7, 11) is 3.51. The lowest BCUT2D eigenvalue weighted by Gasteiger charge is -2.27. The van der Waals surface area contributed by atoms with Gasteiger partial charge in [0, 0.05) is 29.9 Å². The monoisotopic (exact) mass is 491 g/mol. The summed E-state index contributed by atoms with van der Waals surface area (Å²) >= 11 is 0. The number of nitrogens with one attached hydrogen (secondary N) is 2. The molecule has 8 heteroatoms. The van der Waals surface area contributed by atoms with Crippen LogP contribution in [0.5, 0.6) is 5.75 Å². The van der Waals surface area contributed by atoms with E-state index in [4.69, 9.17) is 9.47 Å². The summed E-state index contributed by atoms with van der Waals surface area (Å²) in [6.45, 7) is 9.07. The van der Waals surface area contributed by atoms with E-state index in [1.165, 1.54) is 6.33 Å². The van der Waals surface area contributed by atoms with Crippen LogP contribution in [0.1, 0.15) is 52.0 Å². The van der Waals surface area contributed by atoms with Crippen LogP contribution >= 0.6 is 0 Å². The second-order valence-electron chi connectivity index (χ2n) is 9.94. The minimum absolute atomic E-state index is 0.339.